The molecule has 0 aromatic carbocycles. The molecule has 21 heavy (non-hydrogen) atoms. The molecule has 0 bridgehead atoms. The number of fused-ring (bicyclic) bond motifs is 1. The van der Waals surface area contributed by atoms with Gasteiger partial charge in [-0.25, -0.2) is 9.67 Å². The zero-order valence-corrected chi connectivity index (χ0v) is 11.6. The van der Waals surface area contributed by atoms with Crippen molar-refractivity contribution >= 4 is 5.91 Å². The maximum atomic E-state index is 12.2. The molecule has 2 aromatic heterocycles. The topological polar surface area (TPSA) is 110 Å². The third-order valence-corrected chi connectivity index (χ3v) is 3.51. The summed E-state index contributed by atoms with van der Waals surface area (Å²) in [5.41, 5.74) is 1.36. The maximum absolute atomic E-state index is 12.2. The number of carbonyl (C=O) groups is 1. The molecule has 110 valence electrons. The number of aromatic amines is 1. The minimum absolute atomic E-state index is 0.0664. The fourth-order valence-electron chi connectivity index (χ4n) is 2.47. The van der Waals surface area contributed by atoms with Crippen LogP contribution in [0.1, 0.15) is 17.1 Å². The van der Waals surface area contributed by atoms with Gasteiger partial charge in [-0.3, -0.25) is 9.59 Å². The molecule has 9 heteroatoms. The zero-order valence-electron chi connectivity index (χ0n) is 11.6. The molecule has 0 unspecified atom stereocenters. The summed E-state index contributed by atoms with van der Waals surface area (Å²) in [4.78, 5) is 33.0. The van der Waals surface area contributed by atoms with Gasteiger partial charge in [-0.15, -0.1) is 5.10 Å². The molecular weight excluding hydrogens is 274 g/mol. The Morgan fingerprint density at radius 3 is 2.95 bits per heavy atom. The summed E-state index contributed by atoms with van der Waals surface area (Å²) in [5.74, 6) is 0.537. The SMILES string of the molecule is Cc1nc2c(c(=O)[nH]1)CCN(C(=O)Cn1cnnn1)CC2. The van der Waals surface area contributed by atoms with Gasteiger partial charge in [0, 0.05) is 25.1 Å². The van der Waals surface area contributed by atoms with Crippen molar-refractivity contribution in [3.8, 4) is 0 Å². The van der Waals surface area contributed by atoms with Crippen molar-refractivity contribution in [3.05, 3.63) is 33.8 Å². The van der Waals surface area contributed by atoms with E-state index in [9.17, 15) is 9.59 Å². The van der Waals surface area contributed by atoms with Gasteiger partial charge >= 0.3 is 0 Å². The van der Waals surface area contributed by atoms with Crippen molar-refractivity contribution < 1.29 is 4.79 Å². The molecular formula is C12H15N7O2. The van der Waals surface area contributed by atoms with Gasteiger partial charge in [-0.1, -0.05) is 0 Å². The monoisotopic (exact) mass is 289 g/mol. The highest BCUT2D eigenvalue weighted by atomic mass is 16.2. The Morgan fingerprint density at radius 2 is 2.19 bits per heavy atom. The molecule has 0 atom stereocenters. The first-order valence-corrected chi connectivity index (χ1v) is 6.70. The van der Waals surface area contributed by atoms with Crippen LogP contribution in [-0.2, 0) is 24.2 Å². The van der Waals surface area contributed by atoms with Crippen LogP contribution in [0, 0.1) is 6.92 Å². The van der Waals surface area contributed by atoms with Crippen LogP contribution >= 0.6 is 0 Å². The van der Waals surface area contributed by atoms with Crippen LogP contribution in [0.15, 0.2) is 11.1 Å². The average Bonchev–Trinajstić information content (AvgIpc) is 2.83. The van der Waals surface area contributed by atoms with Crippen molar-refractivity contribution in [3.63, 3.8) is 0 Å². The van der Waals surface area contributed by atoms with Crippen LogP contribution in [-0.4, -0.2) is 54.1 Å². The Kier molecular flexibility index (Phi) is 3.46. The van der Waals surface area contributed by atoms with Gasteiger partial charge < -0.3 is 9.88 Å². The molecule has 0 spiro atoms. The van der Waals surface area contributed by atoms with Crippen molar-refractivity contribution in [1.29, 1.82) is 0 Å². The highest BCUT2D eigenvalue weighted by Crippen LogP contribution is 2.10. The second-order valence-electron chi connectivity index (χ2n) is 4.96. The Labute approximate surface area is 120 Å². The molecule has 0 saturated heterocycles. The fraction of sp³-hybridized carbons (Fsp3) is 0.500. The van der Waals surface area contributed by atoms with E-state index in [1.54, 1.807) is 11.8 Å². The second-order valence-corrected chi connectivity index (χ2v) is 4.96. The predicted octanol–water partition coefficient (Wildman–Crippen LogP) is -1.31. The van der Waals surface area contributed by atoms with E-state index in [4.69, 9.17) is 0 Å². The van der Waals surface area contributed by atoms with Crippen LogP contribution in [0.3, 0.4) is 0 Å². The molecule has 1 aliphatic rings. The Morgan fingerprint density at radius 1 is 1.38 bits per heavy atom. The summed E-state index contributed by atoms with van der Waals surface area (Å²) in [6.07, 6.45) is 2.50. The number of nitrogens with one attached hydrogen (secondary N) is 1. The number of aromatic nitrogens is 6. The first-order valence-electron chi connectivity index (χ1n) is 6.70. The Balaban J connectivity index is 1.74. The van der Waals surface area contributed by atoms with Crippen LogP contribution in [0.25, 0.3) is 0 Å². The smallest absolute Gasteiger partial charge is 0.254 e. The van der Waals surface area contributed by atoms with Crippen molar-refractivity contribution in [2.75, 3.05) is 13.1 Å². The number of H-pyrrole nitrogens is 1. The van der Waals surface area contributed by atoms with Crippen LogP contribution in [0.4, 0.5) is 0 Å². The third kappa shape index (κ3) is 2.81. The molecule has 3 heterocycles. The van der Waals surface area contributed by atoms with Gasteiger partial charge in [-0.05, 0) is 23.8 Å². The summed E-state index contributed by atoms with van der Waals surface area (Å²) in [5, 5.41) is 10.7. The van der Waals surface area contributed by atoms with Gasteiger partial charge in [0.15, 0.2) is 0 Å². The number of tetrazole rings is 1. The largest absolute Gasteiger partial charge is 0.340 e. The minimum atomic E-state index is -0.104. The molecule has 1 N–H and O–H groups in total. The number of hydrogen-bond acceptors (Lipinski definition) is 6. The summed E-state index contributed by atoms with van der Waals surface area (Å²) in [7, 11) is 0. The molecule has 3 rings (SSSR count). The highest BCUT2D eigenvalue weighted by molar-refractivity contribution is 5.76. The van der Waals surface area contributed by atoms with E-state index >= 15 is 0 Å². The van der Waals surface area contributed by atoms with E-state index in [0.29, 0.717) is 37.3 Å². The molecule has 2 aromatic rings. The molecule has 0 radical (unpaired) electrons. The molecule has 0 aliphatic carbocycles. The third-order valence-electron chi connectivity index (χ3n) is 3.51. The van der Waals surface area contributed by atoms with E-state index in [1.165, 1.54) is 11.0 Å². The van der Waals surface area contributed by atoms with Gasteiger partial charge in [0.25, 0.3) is 5.56 Å². The summed E-state index contributed by atoms with van der Waals surface area (Å²) in [6.45, 7) is 2.91. The average molecular weight is 289 g/mol. The van der Waals surface area contributed by atoms with Gasteiger partial charge in [0.2, 0.25) is 5.91 Å². The van der Waals surface area contributed by atoms with Crippen LogP contribution in [0.2, 0.25) is 0 Å². The zero-order chi connectivity index (χ0) is 14.8. The van der Waals surface area contributed by atoms with Gasteiger partial charge in [-0.2, -0.15) is 0 Å². The minimum Gasteiger partial charge on any atom is -0.340 e. The fourth-order valence-corrected chi connectivity index (χ4v) is 2.47. The van der Waals surface area contributed by atoms with E-state index in [2.05, 4.69) is 25.5 Å². The summed E-state index contributed by atoms with van der Waals surface area (Å²) in [6, 6.07) is 0. The summed E-state index contributed by atoms with van der Waals surface area (Å²) >= 11 is 0. The second kappa shape index (κ2) is 5.43. The summed E-state index contributed by atoms with van der Waals surface area (Å²) < 4.78 is 1.38. The normalized spacial score (nSPS) is 14.6. The number of rotatable bonds is 2. The molecule has 0 fully saturated rings. The highest BCUT2D eigenvalue weighted by Gasteiger charge is 2.21. The lowest BCUT2D eigenvalue weighted by atomic mass is 10.1. The van der Waals surface area contributed by atoms with Crippen molar-refractivity contribution in [2.45, 2.75) is 26.3 Å². The lowest BCUT2D eigenvalue weighted by Crippen LogP contribution is -2.36. The van der Waals surface area contributed by atoms with Crippen LogP contribution < -0.4 is 5.56 Å². The first kappa shape index (κ1) is 13.4. The van der Waals surface area contributed by atoms with Gasteiger partial charge in [0.05, 0.1) is 5.69 Å². The molecule has 1 amide bonds. The van der Waals surface area contributed by atoms with E-state index < -0.39 is 0 Å². The standard InChI is InChI=1S/C12H15N7O2/c1-8-14-10-3-5-18(4-2-9(10)12(21)15-8)11(20)6-19-7-13-16-17-19/h7H,2-6H2,1H3,(H,14,15,21). The maximum Gasteiger partial charge on any atom is 0.254 e. The van der Waals surface area contributed by atoms with Crippen LogP contribution in [0.5, 0.6) is 0 Å². The predicted molar refractivity (Wildman–Crippen MR) is 71.4 cm³/mol. The number of amides is 1. The first-order chi connectivity index (χ1) is 10.1. The lowest BCUT2D eigenvalue weighted by Gasteiger charge is -2.19. The van der Waals surface area contributed by atoms with Crippen molar-refractivity contribution in [1.82, 2.24) is 35.1 Å². The van der Waals surface area contributed by atoms with E-state index in [1.807, 2.05) is 0 Å². The number of aryl methyl sites for hydroxylation is 1. The molecule has 1 aliphatic heterocycles. The van der Waals surface area contributed by atoms with Gasteiger partial charge in [0.1, 0.15) is 18.7 Å². The number of hydrogen-bond donors (Lipinski definition) is 1. The van der Waals surface area contributed by atoms with E-state index in [-0.39, 0.29) is 18.0 Å². The number of carbonyl (C=O) groups excluding carboxylic acids is 1. The van der Waals surface area contributed by atoms with E-state index in [0.717, 1.165) is 5.69 Å². The Bertz CT molecular complexity index is 707. The Hall–Kier alpha value is -2.58. The lowest BCUT2D eigenvalue weighted by molar-refractivity contribution is -0.132. The number of nitrogens with zero attached hydrogens (tertiary/aromatic N) is 6. The molecule has 9 nitrogen and oxygen atoms in total. The quantitative estimate of drug-likeness (QED) is 0.735. The molecule has 0 saturated carbocycles. The van der Waals surface area contributed by atoms with Crippen molar-refractivity contribution in [2.24, 2.45) is 0 Å².